The Morgan fingerprint density at radius 2 is 1.95 bits per heavy atom. The SMILES string of the molecule is CCC(=CCOc1c(Br)cc([N+](=O)[O-])cc1Br)C(=O)OC. The van der Waals surface area contributed by atoms with Gasteiger partial charge in [0.25, 0.3) is 5.69 Å². The van der Waals surface area contributed by atoms with E-state index < -0.39 is 10.9 Å². The van der Waals surface area contributed by atoms with Gasteiger partial charge < -0.3 is 9.47 Å². The Morgan fingerprint density at radius 1 is 1.38 bits per heavy atom. The number of hydrogen-bond donors (Lipinski definition) is 0. The molecular formula is C13H13Br2NO5. The molecule has 0 N–H and O–H groups in total. The first-order chi connectivity index (χ1) is 9.90. The quantitative estimate of drug-likeness (QED) is 0.299. The molecule has 0 amide bonds. The van der Waals surface area contributed by atoms with E-state index in [0.717, 1.165) is 0 Å². The molecule has 6 nitrogen and oxygen atoms in total. The lowest BCUT2D eigenvalue weighted by Gasteiger charge is -2.09. The second-order valence-electron chi connectivity index (χ2n) is 3.88. The molecule has 0 fully saturated rings. The number of nitro benzene ring substituents is 1. The summed E-state index contributed by atoms with van der Waals surface area (Å²) in [4.78, 5) is 21.6. The molecule has 0 unspecified atom stereocenters. The van der Waals surface area contributed by atoms with Crippen molar-refractivity contribution in [3.8, 4) is 5.75 Å². The van der Waals surface area contributed by atoms with Gasteiger partial charge in [-0.05, 0) is 44.4 Å². The van der Waals surface area contributed by atoms with Crippen molar-refractivity contribution in [2.45, 2.75) is 13.3 Å². The average molecular weight is 423 g/mol. The molecule has 0 aliphatic rings. The average Bonchev–Trinajstić information content (AvgIpc) is 2.44. The van der Waals surface area contributed by atoms with Crippen molar-refractivity contribution in [1.29, 1.82) is 0 Å². The molecule has 0 aromatic heterocycles. The highest BCUT2D eigenvalue weighted by molar-refractivity contribution is 9.11. The summed E-state index contributed by atoms with van der Waals surface area (Å²) in [6, 6.07) is 2.70. The smallest absolute Gasteiger partial charge is 0.333 e. The highest BCUT2D eigenvalue weighted by Gasteiger charge is 2.15. The van der Waals surface area contributed by atoms with Crippen LogP contribution >= 0.6 is 31.9 Å². The van der Waals surface area contributed by atoms with Crippen molar-refractivity contribution in [3.05, 3.63) is 42.8 Å². The van der Waals surface area contributed by atoms with E-state index in [9.17, 15) is 14.9 Å². The van der Waals surface area contributed by atoms with Gasteiger partial charge in [0.05, 0.1) is 21.0 Å². The van der Waals surface area contributed by atoms with Crippen molar-refractivity contribution in [3.63, 3.8) is 0 Å². The number of non-ortho nitro benzene ring substituents is 1. The summed E-state index contributed by atoms with van der Waals surface area (Å²) in [6.45, 7) is 1.98. The van der Waals surface area contributed by atoms with Crippen LogP contribution in [0.25, 0.3) is 0 Å². The molecule has 0 radical (unpaired) electrons. The van der Waals surface area contributed by atoms with E-state index in [2.05, 4.69) is 36.6 Å². The van der Waals surface area contributed by atoms with Crippen molar-refractivity contribution >= 4 is 43.5 Å². The summed E-state index contributed by atoms with van der Waals surface area (Å²) >= 11 is 6.44. The number of nitro groups is 1. The minimum Gasteiger partial charge on any atom is -0.487 e. The number of methoxy groups -OCH3 is 1. The van der Waals surface area contributed by atoms with E-state index in [0.29, 0.717) is 26.7 Å². The van der Waals surface area contributed by atoms with Crippen molar-refractivity contribution < 1.29 is 19.2 Å². The minimum atomic E-state index is -0.494. The maximum atomic E-state index is 11.4. The summed E-state index contributed by atoms with van der Waals surface area (Å²) in [5.74, 6) is 0.0279. The zero-order valence-electron chi connectivity index (χ0n) is 11.4. The van der Waals surface area contributed by atoms with Crippen molar-refractivity contribution in [2.75, 3.05) is 13.7 Å². The van der Waals surface area contributed by atoms with Gasteiger partial charge in [-0.2, -0.15) is 0 Å². The Hall–Kier alpha value is -1.41. The number of nitrogens with zero attached hydrogens (tertiary/aromatic N) is 1. The second kappa shape index (κ2) is 8.14. The van der Waals surface area contributed by atoms with Crippen LogP contribution in [0.15, 0.2) is 32.7 Å². The monoisotopic (exact) mass is 421 g/mol. The molecule has 1 aromatic rings. The van der Waals surface area contributed by atoms with Gasteiger partial charge in [0.1, 0.15) is 12.4 Å². The van der Waals surface area contributed by atoms with Crippen molar-refractivity contribution in [2.24, 2.45) is 0 Å². The minimum absolute atomic E-state index is 0.0551. The molecule has 0 aliphatic carbocycles. The van der Waals surface area contributed by atoms with Crippen LogP contribution in [0.5, 0.6) is 5.75 Å². The molecule has 1 rings (SSSR count). The predicted octanol–water partition coefficient (Wildman–Crippen LogP) is 4.01. The Kier molecular flexibility index (Phi) is 6.83. The van der Waals surface area contributed by atoms with Gasteiger partial charge in [0, 0.05) is 17.7 Å². The molecule has 8 heteroatoms. The van der Waals surface area contributed by atoms with E-state index in [1.165, 1.54) is 19.2 Å². The number of hydrogen-bond acceptors (Lipinski definition) is 5. The van der Waals surface area contributed by atoms with Gasteiger partial charge in [0.15, 0.2) is 0 Å². The molecule has 114 valence electrons. The molecule has 0 heterocycles. The molecule has 0 aliphatic heterocycles. The van der Waals surface area contributed by atoms with Gasteiger partial charge in [-0.1, -0.05) is 6.92 Å². The summed E-state index contributed by atoms with van der Waals surface area (Å²) in [5, 5.41) is 10.7. The molecule has 1 aromatic carbocycles. The number of ether oxygens (including phenoxy) is 2. The molecule has 21 heavy (non-hydrogen) atoms. The topological polar surface area (TPSA) is 78.7 Å². The Balaban J connectivity index is 2.87. The lowest BCUT2D eigenvalue weighted by molar-refractivity contribution is -0.385. The second-order valence-corrected chi connectivity index (χ2v) is 5.59. The van der Waals surface area contributed by atoms with Crippen molar-refractivity contribution in [1.82, 2.24) is 0 Å². The van der Waals surface area contributed by atoms with Crippen LogP contribution in [0.2, 0.25) is 0 Å². The van der Waals surface area contributed by atoms with Gasteiger partial charge in [0.2, 0.25) is 0 Å². The third-order valence-corrected chi connectivity index (χ3v) is 3.76. The van der Waals surface area contributed by atoms with Crippen LogP contribution in [0.3, 0.4) is 0 Å². The fourth-order valence-electron chi connectivity index (χ4n) is 1.52. The number of esters is 1. The number of rotatable bonds is 6. The molecule has 0 saturated heterocycles. The predicted molar refractivity (Wildman–Crippen MR) is 84.4 cm³/mol. The standard InChI is InChI=1S/C13H13Br2NO5/c1-3-8(13(17)20-2)4-5-21-12-10(14)6-9(16(18)19)7-11(12)15/h4,6-7H,3,5H2,1-2H3. The summed E-state index contributed by atoms with van der Waals surface area (Å²) in [7, 11) is 1.32. The molecule has 0 spiro atoms. The highest BCUT2D eigenvalue weighted by Crippen LogP contribution is 2.37. The fourth-order valence-corrected chi connectivity index (χ4v) is 2.91. The summed E-state index contributed by atoms with van der Waals surface area (Å²) in [5.41, 5.74) is 0.451. The van der Waals surface area contributed by atoms with Gasteiger partial charge in [-0.25, -0.2) is 4.79 Å². The van der Waals surface area contributed by atoms with E-state index in [1.54, 1.807) is 6.08 Å². The Labute approximate surface area is 138 Å². The molecule has 0 bridgehead atoms. The van der Waals surface area contributed by atoms with Crippen LogP contribution in [0, 0.1) is 10.1 Å². The first-order valence-electron chi connectivity index (χ1n) is 5.94. The first kappa shape index (κ1) is 17.6. The summed E-state index contributed by atoms with van der Waals surface area (Å²) in [6.07, 6.45) is 2.14. The van der Waals surface area contributed by atoms with Crippen LogP contribution in [-0.4, -0.2) is 24.6 Å². The third-order valence-electron chi connectivity index (χ3n) is 2.58. The van der Waals surface area contributed by atoms with Crippen LogP contribution in [0.4, 0.5) is 5.69 Å². The van der Waals surface area contributed by atoms with E-state index >= 15 is 0 Å². The maximum absolute atomic E-state index is 11.4. The van der Waals surface area contributed by atoms with E-state index in [-0.39, 0.29) is 12.3 Å². The zero-order valence-corrected chi connectivity index (χ0v) is 14.6. The van der Waals surface area contributed by atoms with Gasteiger partial charge >= 0.3 is 5.97 Å². The molecular weight excluding hydrogens is 410 g/mol. The first-order valence-corrected chi connectivity index (χ1v) is 7.52. The Bertz CT molecular complexity index is 563. The Morgan fingerprint density at radius 3 is 2.38 bits per heavy atom. The summed E-state index contributed by atoms with van der Waals surface area (Å²) < 4.78 is 11.1. The number of benzene rings is 1. The maximum Gasteiger partial charge on any atom is 0.333 e. The fraction of sp³-hybridized carbons (Fsp3) is 0.308. The van der Waals surface area contributed by atoms with Crippen LogP contribution in [-0.2, 0) is 9.53 Å². The largest absolute Gasteiger partial charge is 0.487 e. The van der Waals surface area contributed by atoms with Gasteiger partial charge in [-0.3, -0.25) is 10.1 Å². The molecule has 0 saturated carbocycles. The number of carbonyl (C=O) groups is 1. The van der Waals surface area contributed by atoms with Crippen LogP contribution in [0.1, 0.15) is 13.3 Å². The van der Waals surface area contributed by atoms with Gasteiger partial charge in [-0.15, -0.1) is 0 Å². The van der Waals surface area contributed by atoms with Crippen LogP contribution < -0.4 is 4.74 Å². The lowest BCUT2D eigenvalue weighted by atomic mass is 10.2. The van der Waals surface area contributed by atoms with E-state index in [1.807, 2.05) is 6.92 Å². The zero-order chi connectivity index (χ0) is 16.0. The lowest BCUT2D eigenvalue weighted by Crippen LogP contribution is -2.06. The number of halogens is 2. The molecule has 0 atom stereocenters. The van der Waals surface area contributed by atoms with E-state index in [4.69, 9.17) is 4.74 Å². The third kappa shape index (κ3) is 4.82. The number of carbonyl (C=O) groups excluding carboxylic acids is 1. The normalized spacial score (nSPS) is 11.1. The highest BCUT2D eigenvalue weighted by atomic mass is 79.9.